The minimum absolute atomic E-state index is 0.302. The summed E-state index contributed by atoms with van der Waals surface area (Å²) in [5.74, 6) is 0.354. The summed E-state index contributed by atoms with van der Waals surface area (Å²) in [6, 6.07) is 13.3. The Morgan fingerprint density at radius 3 is 2.47 bits per heavy atom. The molecule has 0 amide bonds. The number of nitrogens with zero attached hydrogens (tertiary/aromatic N) is 2. The van der Waals surface area contributed by atoms with E-state index in [4.69, 9.17) is 0 Å². The standard InChI is InChI=1S/C17H24N2/c1-3-19(4-2)17(14-18)13-9-8-12-16(17)15-10-6-5-7-11-15/h5-7,10-11,16H,3-4,8-9,12-13H2,1-2H3. The average Bonchev–Trinajstić information content (AvgIpc) is 2.49. The zero-order valence-corrected chi connectivity index (χ0v) is 12.1. The van der Waals surface area contributed by atoms with Gasteiger partial charge in [0.15, 0.2) is 0 Å². The van der Waals surface area contributed by atoms with Gasteiger partial charge in [0, 0.05) is 5.92 Å². The Morgan fingerprint density at radius 2 is 1.89 bits per heavy atom. The highest BCUT2D eigenvalue weighted by molar-refractivity contribution is 5.30. The molecule has 0 bridgehead atoms. The summed E-state index contributed by atoms with van der Waals surface area (Å²) < 4.78 is 0. The Balaban J connectivity index is 2.41. The van der Waals surface area contributed by atoms with Crippen LogP contribution >= 0.6 is 0 Å². The molecule has 1 saturated carbocycles. The second-order valence-electron chi connectivity index (χ2n) is 5.42. The molecule has 1 aliphatic rings. The molecule has 1 aromatic rings. The van der Waals surface area contributed by atoms with Crippen LogP contribution in [0.25, 0.3) is 0 Å². The Kier molecular flexibility index (Phi) is 4.61. The van der Waals surface area contributed by atoms with E-state index in [9.17, 15) is 5.26 Å². The lowest BCUT2D eigenvalue weighted by Crippen LogP contribution is -2.53. The first kappa shape index (κ1) is 14.1. The third-order valence-corrected chi connectivity index (χ3v) is 4.60. The summed E-state index contributed by atoms with van der Waals surface area (Å²) in [6.07, 6.45) is 4.55. The van der Waals surface area contributed by atoms with E-state index in [-0.39, 0.29) is 5.54 Å². The van der Waals surface area contributed by atoms with Gasteiger partial charge >= 0.3 is 0 Å². The van der Waals surface area contributed by atoms with Crippen LogP contribution < -0.4 is 0 Å². The molecule has 2 atom stereocenters. The fourth-order valence-electron chi connectivity index (χ4n) is 3.65. The van der Waals surface area contributed by atoms with Crippen LogP contribution in [0.1, 0.15) is 51.0 Å². The number of likely N-dealkylation sites (N-methyl/N-ethyl adjacent to an activating group) is 1. The van der Waals surface area contributed by atoms with Crippen molar-refractivity contribution >= 4 is 0 Å². The Hall–Kier alpha value is -1.33. The molecule has 2 unspecified atom stereocenters. The van der Waals surface area contributed by atoms with Crippen molar-refractivity contribution in [1.29, 1.82) is 5.26 Å². The number of rotatable bonds is 4. The predicted molar refractivity (Wildman–Crippen MR) is 78.9 cm³/mol. The highest BCUT2D eigenvalue weighted by atomic mass is 15.2. The number of hydrogen-bond donors (Lipinski definition) is 0. The molecule has 2 heteroatoms. The smallest absolute Gasteiger partial charge is 0.116 e. The van der Waals surface area contributed by atoms with Crippen molar-refractivity contribution in [3.8, 4) is 6.07 Å². The fourth-order valence-corrected chi connectivity index (χ4v) is 3.65. The molecular weight excluding hydrogens is 232 g/mol. The van der Waals surface area contributed by atoms with E-state index in [0.717, 1.165) is 25.9 Å². The molecule has 19 heavy (non-hydrogen) atoms. The molecular formula is C17H24N2. The van der Waals surface area contributed by atoms with Crippen molar-refractivity contribution in [2.45, 2.75) is 51.0 Å². The quantitative estimate of drug-likeness (QED) is 0.815. The largest absolute Gasteiger partial charge is 0.286 e. The van der Waals surface area contributed by atoms with Gasteiger partial charge in [0.1, 0.15) is 5.54 Å². The van der Waals surface area contributed by atoms with Gasteiger partial charge in [-0.2, -0.15) is 5.26 Å². The minimum Gasteiger partial charge on any atom is -0.286 e. The molecule has 0 saturated heterocycles. The highest BCUT2D eigenvalue weighted by Crippen LogP contribution is 2.44. The lowest BCUT2D eigenvalue weighted by Gasteiger charge is -2.46. The van der Waals surface area contributed by atoms with Gasteiger partial charge in [0.05, 0.1) is 6.07 Å². The van der Waals surface area contributed by atoms with Crippen LogP contribution in [-0.4, -0.2) is 23.5 Å². The topological polar surface area (TPSA) is 27.0 Å². The van der Waals surface area contributed by atoms with Gasteiger partial charge in [-0.05, 0) is 31.5 Å². The first-order chi connectivity index (χ1) is 9.28. The van der Waals surface area contributed by atoms with Crippen LogP contribution in [0.4, 0.5) is 0 Å². The summed E-state index contributed by atoms with van der Waals surface area (Å²) in [6.45, 7) is 6.24. The normalized spacial score (nSPS) is 27.2. The lowest BCUT2D eigenvalue weighted by atomic mass is 9.69. The Labute approximate surface area is 117 Å². The molecule has 2 nitrogen and oxygen atoms in total. The van der Waals surface area contributed by atoms with Crippen molar-refractivity contribution in [3.63, 3.8) is 0 Å². The van der Waals surface area contributed by atoms with Crippen LogP contribution in [-0.2, 0) is 0 Å². The number of hydrogen-bond acceptors (Lipinski definition) is 2. The first-order valence-electron chi connectivity index (χ1n) is 7.49. The summed E-state index contributed by atoms with van der Waals surface area (Å²) in [5, 5.41) is 9.91. The van der Waals surface area contributed by atoms with Gasteiger partial charge in [-0.1, -0.05) is 57.0 Å². The Bertz CT molecular complexity index is 430. The van der Waals surface area contributed by atoms with E-state index in [1.807, 2.05) is 0 Å². The van der Waals surface area contributed by atoms with E-state index in [2.05, 4.69) is 55.1 Å². The maximum atomic E-state index is 9.91. The van der Waals surface area contributed by atoms with E-state index in [1.54, 1.807) is 0 Å². The van der Waals surface area contributed by atoms with Crippen molar-refractivity contribution < 1.29 is 0 Å². The second kappa shape index (κ2) is 6.21. The molecule has 0 spiro atoms. The second-order valence-corrected chi connectivity index (χ2v) is 5.42. The molecule has 0 aromatic heterocycles. The number of benzene rings is 1. The van der Waals surface area contributed by atoms with Gasteiger partial charge in [-0.15, -0.1) is 0 Å². The molecule has 1 fully saturated rings. The zero-order valence-electron chi connectivity index (χ0n) is 12.1. The van der Waals surface area contributed by atoms with E-state index in [1.165, 1.54) is 18.4 Å². The van der Waals surface area contributed by atoms with Crippen LogP contribution in [0.15, 0.2) is 30.3 Å². The lowest BCUT2D eigenvalue weighted by molar-refractivity contribution is 0.0874. The third-order valence-electron chi connectivity index (χ3n) is 4.60. The fraction of sp³-hybridized carbons (Fsp3) is 0.588. The molecule has 0 aliphatic heterocycles. The van der Waals surface area contributed by atoms with Gasteiger partial charge in [-0.3, -0.25) is 4.90 Å². The SMILES string of the molecule is CCN(CC)C1(C#N)CCCCC1c1ccccc1. The van der Waals surface area contributed by atoms with E-state index < -0.39 is 0 Å². The van der Waals surface area contributed by atoms with Crippen molar-refractivity contribution in [3.05, 3.63) is 35.9 Å². The van der Waals surface area contributed by atoms with E-state index >= 15 is 0 Å². The summed E-state index contributed by atoms with van der Waals surface area (Å²) in [4.78, 5) is 2.36. The third kappa shape index (κ3) is 2.53. The first-order valence-corrected chi connectivity index (χ1v) is 7.49. The van der Waals surface area contributed by atoms with Crippen LogP contribution in [0.2, 0.25) is 0 Å². The average molecular weight is 256 g/mol. The molecule has 102 valence electrons. The van der Waals surface area contributed by atoms with Crippen molar-refractivity contribution in [2.24, 2.45) is 0 Å². The van der Waals surface area contributed by atoms with Gasteiger partial charge in [-0.25, -0.2) is 0 Å². The maximum absolute atomic E-state index is 9.91. The highest BCUT2D eigenvalue weighted by Gasteiger charge is 2.45. The molecule has 2 rings (SSSR count). The maximum Gasteiger partial charge on any atom is 0.116 e. The minimum atomic E-state index is -0.302. The molecule has 0 radical (unpaired) electrons. The summed E-state index contributed by atoms with van der Waals surface area (Å²) in [7, 11) is 0. The Morgan fingerprint density at radius 1 is 1.21 bits per heavy atom. The van der Waals surface area contributed by atoms with Gasteiger partial charge < -0.3 is 0 Å². The molecule has 1 aromatic carbocycles. The number of nitriles is 1. The molecule has 1 aliphatic carbocycles. The summed E-state index contributed by atoms with van der Waals surface area (Å²) >= 11 is 0. The molecule has 0 heterocycles. The summed E-state index contributed by atoms with van der Waals surface area (Å²) in [5.41, 5.74) is 1.03. The van der Waals surface area contributed by atoms with Gasteiger partial charge in [0.25, 0.3) is 0 Å². The predicted octanol–water partition coefficient (Wildman–Crippen LogP) is 3.95. The monoisotopic (exact) mass is 256 g/mol. The van der Waals surface area contributed by atoms with Gasteiger partial charge in [0.2, 0.25) is 0 Å². The molecule has 0 N–H and O–H groups in total. The van der Waals surface area contributed by atoms with Crippen LogP contribution in [0.3, 0.4) is 0 Å². The van der Waals surface area contributed by atoms with Crippen molar-refractivity contribution in [2.75, 3.05) is 13.1 Å². The van der Waals surface area contributed by atoms with Crippen LogP contribution in [0.5, 0.6) is 0 Å². The van der Waals surface area contributed by atoms with E-state index in [0.29, 0.717) is 5.92 Å². The van der Waals surface area contributed by atoms with Crippen molar-refractivity contribution in [1.82, 2.24) is 4.90 Å². The van der Waals surface area contributed by atoms with Crippen LogP contribution in [0, 0.1) is 11.3 Å². The zero-order chi connectivity index (χ0) is 13.7.